The van der Waals surface area contributed by atoms with Gasteiger partial charge in [-0.3, -0.25) is 4.98 Å². The Kier molecular flexibility index (Phi) is 2.37. The van der Waals surface area contributed by atoms with E-state index in [1.54, 1.807) is 6.20 Å². The monoisotopic (exact) mass is 247 g/mol. The minimum absolute atomic E-state index is 0.468. The third-order valence-corrected chi connectivity index (χ3v) is 3.44. The molecule has 0 bridgehead atoms. The summed E-state index contributed by atoms with van der Waals surface area (Å²) in [6.07, 6.45) is 1.65. The average Bonchev–Trinajstić information content (AvgIpc) is 2.75. The maximum absolute atomic E-state index is 13.2. The summed E-state index contributed by atoms with van der Waals surface area (Å²) in [5.41, 5.74) is 1.09. The van der Waals surface area contributed by atoms with Crippen LogP contribution < -0.4 is 0 Å². The van der Waals surface area contributed by atoms with Gasteiger partial charge in [-0.05, 0) is 35.0 Å². The van der Waals surface area contributed by atoms with E-state index in [0.717, 1.165) is 16.2 Å². The predicted octanol–water partition coefficient (Wildman–Crippen LogP) is 4.24. The molecule has 3 aromatic rings. The number of benzene rings is 1. The van der Waals surface area contributed by atoms with Crippen molar-refractivity contribution in [1.82, 2.24) is 4.98 Å². The van der Waals surface area contributed by atoms with Crippen molar-refractivity contribution in [3.8, 4) is 11.3 Å². The van der Waals surface area contributed by atoms with Crippen molar-refractivity contribution in [2.24, 2.45) is 0 Å². The maximum Gasteiger partial charge on any atom is 0.126 e. The van der Waals surface area contributed by atoms with Crippen molar-refractivity contribution < 1.29 is 8.78 Å². The van der Waals surface area contributed by atoms with Crippen LogP contribution >= 0.6 is 11.3 Å². The molecule has 0 N–H and O–H groups in total. The Hall–Kier alpha value is -1.81. The lowest BCUT2D eigenvalue weighted by Gasteiger charge is -2.03. The van der Waals surface area contributed by atoms with Gasteiger partial charge < -0.3 is 0 Å². The smallest absolute Gasteiger partial charge is 0.126 e. The molecule has 0 unspecified atom stereocenters. The Bertz CT molecular complexity index is 670. The minimum atomic E-state index is -0.588. The van der Waals surface area contributed by atoms with Crippen molar-refractivity contribution in [3.63, 3.8) is 0 Å². The van der Waals surface area contributed by atoms with Crippen molar-refractivity contribution in [3.05, 3.63) is 53.5 Å². The molecule has 0 atom stereocenters. The number of aromatic nitrogens is 1. The lowest BCUT2D eigenvalue weighted by molar-refractivity contribution is 0.584. The van der Waals surface area contributed by atoms with Gasteiger partial charge in [-0.25, -0.2) is 8.78 Å². The second-order valence-corrected chi connectivity index (χ2v) is 4.57. The van der Waals surface area contributed by atoms with Crippen LogP contribution in [0, 0.1) is 11.6 Å². The number of pyridine rings is 1. The van der Waals surface area contributed by atoms with Gasteiger partial charge in [0.05, 0.1) is 10.4 Å². The van der Waals surface area contributed by atoms with E-state index in [-0.39, 0.29) is 0 Å². The first-order chi connectivity index (χ1) is 8.24. The number of fused-ring (bicyclic) bond motifs is 1. The molecule has 0 aliphatic heterocycles. The summed E-state index contributed by atoms with van der Waals surface area (Å²) in [5.74, 6) is -1.18. The Morgan fingerprint density at radius 2 is 1.76 bits per heavy atom. The van der Waals surface area contributed by atoms with Crippen molar-refractivity contribution in [2.75, 3.05) is 0 Å². The molecule has 0 radical (unpaired) electrons. The zero-order valence-electron chi connectivity index (χ0n) is 8.65. The van der Waals surface area contributed by atoms with Crippen LogP contribution in [0.5, 0.6) is 0 Å². The Morgan fingerprint density at radius 3 is 2.53 bits per heavy atom. The summed E-state index contributed by atoms with van der Waals surface area (Å²) in [4.78, 5) is 4.21. The van der Waals surface area contributed by atoms with E-state index in [0.29, 0.717) is 11.3 Å². The van der Waals surface area contributed by atoms with Crippen molar-refractivity contribution in [1.29, 1.82) is 0 Å². The van der Waals surface area contributed by atoms with Crippen LogP contribution in [0.25, 0.3) is 21.3 Å². The molecule has 0 amide bonds. The molecule has 0 fully saturated rings. The lowest BCUT2D eigenvalue weighted by atomic mass is 10.1. The average molecular weight is 247 g/mol. The van der Waals surface area contributed by atoms with Gasteiger partial charge in [-0.1, -0.05) is 0 Å². The highest BCUT2D eigenvalue weighted by molar-refractivity contribution is 7.17. The highest BCUT2D eigenvalue weighted by Gasteiger charge is 2.09. The van der Waals surface area contributed by atoms with E-state index in [4.69, 9.17) is 0 Å². The van der Waals surface area contributed by atoms with Gasteiger partial charge in [0.25, 0.3) is 0 Å². The standard InChI is InChI=1S/C13H7F2NS/c14-10-5-9(6-11(15)7-10)12-13-8(1-3-16-12)2-4-17-13/h1-7H. The van der Waals surface area contributed by atoms with Crippen molar-refractivity contribution >= 4 is 21.4 Å². The van der Waals surface area contributed by atoms with Crippen LogP contribution in [0.4, 0.5) is 8.78 Å². The summed E-state index contributed by atoms with van der Waals surface area (Å²) in [7, 11) is 0. The highest BCUT2D eigenvalue weighted by atomic mass is 32.1. The third kappa shape index (κ3) is 1.80. The summed E-state index contributed by atoms with van der Waals surface area (Å²) in [6, 6.07) is 7.29. The van der Waals surface area contributed by atoms with Gasteiger partial charge in [-0.15, -0.1) is 11.3 Å². The van der Waals surface area contributed by atoms with Gasteiger partial charge in [-0.2, -0.15) is 0 Å². The zero-order valence-corrected chi connectivity index (χ0v) is 9.47. The molecule has 2 aromatic heterocycles. The van der Waals surface area contributed by atoms with E-state index in [1.165, 1.54) is 23.5 Å². The second-order valence-electron chi connectivity index (χ2n) is 3.66. The largest absolute Gasteiger partial charge is 0.255 e. The zero-order chi connectivity index (χ0) is 11.8. The Morgan fingerprint density at radius 1 is 1.00 bits per heavy atom. The topological polar surface area (TPSA) is 12.9 Å². The predicted molar refractivity (Wildman–Crippen MR) is 65.0 cm³/mol. The number of thiophene rings is 1. The Labute approximate surface area is 100 Å². The molecule has 2 heterocycles. The summed E-state index contributed by atoms with van der Waals surface area (Å²) in [5, 5.41) is 2.97. The van der Waals surface area contributed by atoms with Crippen molar-refractivity contribution in [2.45, 2.75) is 0 Å². The normalized spacial score (nSPS) is 10.9. The van der Waals surface area contributed by atoms with E-state index < -0.39 is 11.6 Å². The Balaban J connectivity index is 2.30. The van der Waals surface area contributed by atoms with Gasteiger partial charge >= 0.3 is 0 Å². The third-order valence-electron chi connectivity index (χ3n) is 2.50. The number of rotatable bonds is 1. The molecule has 0 saturated carbocycles. The second kappa shape index (κ2) is 3.89. The number of hydrogen-bond donors (Lipinski definition) is 0. The molecule has 0 aliphatic rings. The molecule has 0 spiro atoms. The molecular weight excluding hydrogens is 240 g/mol. The fraction of sp³-hybridized carbons (Fsp3) is 0. The fourth-order valence-electron chi connectivity index (χ4n) is 1.79. The molecule has 1 aromatic carbocycles. The molecular formula is C13H7F2NS. The van der Waals surface area contributed by atoms with E-state index >= 15 is 0 Å². The molecule has 0 aliphatic carbocycles. The summed E-state index contributed by atoms with van der Waals surface area (Å²) >= 11 is 1.51. The molecule has 4 heteroatoms. The van der Waals surface area contributed by atoms with Gasteiger partial charge in [0.1, 0.15) is 11.6 Å². The fourth-order valence-corrected chi connectivity index (χ4v) is 2.69. The highest BCUT2D eigenvalue weighted by Crippen LogP contribution is 2.31. The summed E-state index contributed by atoms with van der Waals surface area (Å²) < 4.78 is 27.3. The molecule has 1 nitrogen and oxygen atoms in total. The number of halogens is 2. The van der Waals surface area contributed by atoms with E-state index in [9.17, 15) is 8.78 Å². The minimum Gasteiger partial charge on any atom is -0.255 e. The SMILES string of the molecule is Fc1cc(F)cc(-c2nccc3ccsc23)c1. The maximum atomic E-state index is 13.2. The lowest BCUT2D eigenvalue weighted by Crippen LogP contribution is -1.87. The van der Waals surface area contributed by atoms with Crippen LogP contribution in [-0.2, 0) is 0 Å². The van der Waals surface area contributed by atoms with Gasteiger partial charge in [0.15, 0.2) is 0 Å². The summed E-state index contributed by atoms with van der Waals surface area (Å²) in [6.45, 7) is 0. The number of hydrogen-bond acceptors (Lipinski definition) is 2. The molecule has 3 rings (SSSR count). The van der Waals surface area contributed by atoms with Crippen LogP contribution in [0.2, 0.25) is 0 Å². The molecule has 84 valence electrons. The first-order valence-electron chi connectivity index (χ1n) is 5.03. The first-order valence-corrected chi connectivity index (χ1v) is 5.91. The first kappa shape index (κ1) is 10.4. The van der Waals surface area contributed by atoms with Crippen LogP contribution in [-0.4, -0.2) is 4.98 Å². The van der Waals surface area contributed by atoms with Crippen LogP contribution in [0.1, 0.15) is 0 Å². The van der Waals surface area contributed by atoms with Crippen LogP contribution in [0.3, 0.4) is 0 Å². The molecule has 0 saturated heterocycles. The number of nitrogens with zero attached hydrogens (tertiary/aromatic N) is 1. The van der Waals surface area contributed by atoms with Gasteiger partial charge in [0, 0.05) is 17.8 Å². The van der Waals surface area contributed by atoms with E-state index in [2.05, 4.69) is 4.98 Å². The quantitative estimate of drug-likeness (QED) is 0.626. The molecule has 17 heavy (non-hydrogen) atoms. The van der Waals surface area contributed by atoms with Crippen LogP contribution in [0.15, 0.2) is 41.9 Å². The van der Waals surface area contributed by atoms with E-state index in [1.807, 2.05) is 17.5 Å². The van der Waals surface area contributed by atoms with Gasteiger partial charge in [0.2, 0.25) is 0 Å².